The van der Waals surface area contributed by atoms with Crippen LogP contribution in [0, 0.1) is 6.92 Å². The Morgan fingerprint density at radius 2 is 1.83 bits per heavy atom. The Morgan fingerprint density at radius 1 is 1.06 bits per heavy atom. The second-order valence-electron chi connectivity index (χ2n) is 9.85. The van der Waals surface area contributed by atoms with Crippen molar-refractivity contribution in [3.63, 3.8) is 0 Å². The van der Waals surface area contributed by atoms with Gasteiger partial charge in [0.05, 0.1) is 35.3 Å². The number of hydrogen-bond acceptors (Lipinski definition) is 7. The van der Waals surface area contributed by atoms with Gasteiger partial charge in [-0.2, -0.15) is 18.3 Å². The molecule has 2 saturated heterocycles. The van der Waals surface area contributed by atoms with Crippen molar-refractivity contribution < 1.29 is 13.2 Å². The molecule has 2 aromatic heterocycles. The van der Waals surface area contributed by atoms with E-state index in [9.17, 15) is 13.2 Å². The molecule has 194 valence electrons. The third-order valence-corrected chi connectivity index (χ3v) is 6.87. The first-order valence-corrected chi connectivity index (χ1v) is 12.4. The molecule has 35 heavy (non-hydrogen) atoms. The maximum Gasteiger partial charge on any atom is 0.419 e. The summed E-state index contributed by atoms with van der Waals surface area (Å²) in [4.78, 5) is 11.0. The lowest BCUT2D eigenvalue weighted by Crippen LogP contribution is -2.43. The van der Waals surface area contributed by atoms with Crippen molar-refractivity contribution in [3.05, 3.63) is 29.7 Å². The zero-order valence-corrected chi connectivity index (χ0v) is 20.9. The monoisotopic (exact) mass is 494 g/mol. The van der Waals surface area contributed by atoms with Gasteiger partial charge in [-0.1, -0.05) is 0 Å². The summed E-state index contributed by atoms with van der Waals surface area (Å²) in [5.41, 5.74) is 0.855. The van der Waals surface area contributed by atoms with Crippen molar-refractivity contribution in [1.29, 1.82) is 0 Å². The van der Waals surface area contributed by atoms with Gasteiger partial charge in [0.25, 0.3) is 0 Å². The highest BCUT2D eigenvalue weighted by Crippen LogP contribution is 2.36. The average Bonchev–Trinajstić information content (AvgIpc) is 3.16. The molecule has 0 saturated carbocycles. The molecule has 0 atom stereocenters. The SMILES string of the molecule is Cc1nn(C2CCN(C)CC2)cc1Nc1cc(NCCCN2CCCN(C)C2)c(C(F)(F)F)cn1. The Kier molecular flexibility index (Phi) is 8.18. The lowest BCUT2D eigenvalue weighted by molar-refractivity contribution is -0.137. The summed E-state index contributed by atoms with van der Waals surface area (Å²) in [5, 5.41) is 10.8. The fraction of sp³-hybridized carbons (Fsp3) is 0.667. The van der Waals surface area contributed by atoms with Gasteiger partial charge in [0, 0.05) is 44.6 Å². The fourth-order valence-corrected chi connectivity index (χ4v) is 4.84. The van der Waals surface area contributed by atoms with Gasteiger partial charge in [-0.3, -0.25) is 14.5 Å². The Bertz CT molecular complexity index is 968. The van der Waals surface area contributed by atoms with E-state index in [2.05, 4.69) is 49.5 Å². The van der Waals surface area contributed by atoms with Crippen LogP contribution in [0.5, 0.6) is 0 Å². The summed E-state index contributed by atoms with van der Waals surface area (Å²) in [6.07, 6.45) is 2.30. The summed E-state index contributed by atoms with van der Waals surface area (Å²) in [6, 6.07) is 1.78. The maximum absolute atomic E-state index is 13.6. The van der Waals surface area contributed by atoms with Crippen molar-refractivity contribution in [1.82, 2.24) is 29.5 Å². The second kappa shape index (κ2) is 11.1. The standard InChI is InChI=1S/C24H37F3N8/c1-18-22(16-35(31-18)19-6-12-32(2)13-7-19)30-23-14-21(20(15-29-23)24(25,26)27)28-8-4-10-34-11-5-9-33(3)17-34/h14-16,19H,4-13,17H2,1-3H3,(H2,28,29,30). The minimum absolute atomic E-state index is 0.0473. The number of likely N-dealkylation sites (tertiary alicyclic amines) is 1. The summed E-state index contributed by atoms with van der Waals surface area (Å²) in [6.45, 7) is 8.28. The van der Waals surface area contributed by atoms with E-state index in [1.165, 1.54) is 6.07 Å². The number of piperidine rings is 1. The summed E-state index contributed by atoms with van der Waals surface area (Å²) in [5.74, 6) is 0.365. The zero-order chi connectivity index (χ0) is 25.0. The topological polar surface area (TPSA) is 64.5 Å². The average molecular weight is 495 g/mol. The van der Waals surface area contributed by atoms with E-state index in [1.54, 1.807) is 0 Å². The van der Waals surface area contributed by atoms with Crippen LogP contribution in [-0.4, -0.2) is 89.5 Å². The van der Waals surface area contributed by atoms with Gasteiger partial charge in [-0.15, -0.1) is 0 Å². The van der Waals surface area contributed by atoms with Crippen LogP contribution in [0.1, 0.15) is 43.0 Å². The molecule has 8 nitrogen and oxygen atoms in total. The Hall–Kier alpha value is -2.37. The predicted octanol–water partition coefficient (Wildman–Crippen LogP) is 4.01. The molecule has 0 aliphatic carbocycles. The summed E-state index contributed by atoms with van der Waals surface area (Å²) < 4.78 is 42.8. The molecule has 0 bridgehead atoms. The molecule has 2 fully saturated rings. The number of pyridine rings is 1. The van der Waals surface area contributed by atoms with Crippen LogP contribution in [0.2, 0.25) is 0 Å². The quantitative estimate of drug-likeness (QED) is 0.538. The van der Waals surface area contributed by atoms with Gasteiger partial charge in [-0.25, -0.2) is 4.98 Å². The third-order valence-electron chi connectivity index (χ3n) is 6.87. The molecule has 2 aliphatic rings. The molecule has 2 N–H and O–H groups in total. The number of aromatic nitrogens is 3. The Balaban J connectivity index is 1.41. The van der Waals surface area contributed by atoms with Gasteiger partial charge < -0.3 is 15.5 Å². The van der Waals surface area contributed by atoms with Gasteiger partial charge in [-0.05, 0) is 59.8 Å². The summed E-state index contributed by atoms with van der Waals surface area (Å²) in [7, 11) is 4.20. The largest absolute Gasteiger partial charge is 0.419 e. The van der Waals surface area contributed by atoms with Crippen molar-refractivity contribution in [2.24, 2.45) is 0 Å². The number of nitrogens with zero attached hydrogens (tertiary/aromatic N) is 6. The highest BCUT2D eigenvalue weighted by Gasteiger charge is 2.34. The van der Waals surface area contributed by atoms with E-state index < -0.39 is 11.7 Å². The lowest BCUT2D eigenvalue weighted by atomic mass is 10.1. The van der Waals surface area contributed by atoms with Crippen LogP contribution in [0.4, 0.5) is 30.4 Å². The molecule has 0 unspecified atom stereocenters. The molecule has 4 rings (SSSR count). The number of halogens is 3. The van der Waals surface area contributed by atoms with E-state index in [0.717, 1.165) is 82.7 Å². The molecule has 11 heteroatoms. The van der Waals surface area contributed by atoms with E-state index in [4.69, 9.17) is 0 Å². The molecular formula is C24H37F3N8. The number of aryl methyl sites for hydroxylation is 1. The number of nitrogens with one attached hydrogen (secondary N) is 2. The lowest BCUT2D eigenvalue weighted by Gasteiger charge is -2.33. The highest BCUT2D eigenvalue weighted by atomic mass is 19.4. The van der Waals surface area contributed by atoms with E-state index in [-0.39, 0.29) is 5.69 Å². The minimum Gasteiger partial charge on any atom is -0.384 e. The Labute approximate surface area is 205 Å². The van der Waals surface area contributed by atoms with Crippen LogP contribution in [0.25, 0.3) is 0 Å². The zero-order valence-electron chi connectivity index (χ0n) is 20.9. The van der Waals surface area contributed by atoms with Crippen LogP contribution in [0.15, 0.2) is 18.5 Å². The first kappa shape index (κ1) is 25.7. The van der Waals surface area contributed by atoms with Gasteiger partial charge >= 0.3 is 6.18 Å². The Morgan fingerprint density at radius 3 is 2.54 bits per heavy atom. The number of rotatable bonds is 8. The molecule has 0 radical (unpaired) electrons. The van der Waals surface area contributed by atoms with E-state index >= 15 is 0 Å². The third kappa shape index (κ3) is 6.86. The first-order chi connectivity index (χ1) is 16.7. The molecular weight excluding hydrogens is 457 g/mol. The number of hydrogen-bond donors (Lipinski definition) is 2. The molecule has 4 heterocycles. The molecule has 2 aromatic rings. The van der Waals surface area contributed by atoms with Crippen molar-refractivity contribution >= 4 is 17.2 Å². The number of alkyl halides is 3. The first-order valence-electron chi connectivity index (χ1n) is 12.4. The normalized spacial score (nSPS) is 19.3. The van der Waals surface area contributed by atoms with Crippen LogP contribution in [-0.2, 0) is 6.18 Å². The molecule has 0 amide bonds. The van der Waals surface area contributed by atoms with Gasteiger partial charge in [0.2, 0.25) is 0 Å². The van der Waals surface area contributed by atoms with Crippen molar-refractivity contribution in [2.45, 2.75) is 44.8 Å². The van der Waals surface area contributed by atoms with Crippen LogP contribution in [0.3, 0.4) is 0 Å². The smallest absolute Gasteiger partial charge is 0.384 e. The molecule has 2 aliphatic heterocycles. The molecule has 0 aromatic carbocycles. The van der Waals surface area contributed by atoms with Gasteiger partial charge in [0.15, 0.2) is 0 Å². The van der Waals surface area contributed by atoms with Gasteiger partial charge in [0.1, 0.15) is 5.82 Å². The van der Waals surface area contributed by atoms with E-state index in [0.29, 0.717) is 18.4 Å². The van der Waals surface area contributed by atoms with Crippen molar-refractivity contribution in [2.75, 3.05) is 70.7 Å². The summed E-state index contributed by atoms with van der Waals surface area (Å²) >= 11 is 0. The van der Waals surface area contributed by atoms with E-state index in [1.807, 2.05) is 17.8 Å². The second-order valence-corrected chi connectivity index (χ2v) is 9.85. The van der Waals surface area contributed by atoms with Crippen LogP contribution >= 0.6 is 0 Å². The fourth-order valence-electron chi connectivity index (χ4n) is 4.84. The maximum atomic E-state index is 13.6. The number of anilines is 3. The predicted molar refractivity (Wildman–Crippen MR) is 132 cm³/mol. The minimum atomic E-state index is -4.47. The van der Waals surface area contributed by atoms with Crippen molar-refractivity contribution in [3.8, 4) is 0 Å². The molecule has 0 spiro atoms. The highest BCUT2D eigenvalue weighted by molar-refractivity contribution is 5.64. The van der Waals surface area contributed by atoms with Crippen LogP contribution < -0.4 is 10.6 Å².